The van der Waals surface area contributed by atoms with Crippen LogP contribution in [-0.4, -0.2) is 16.4 Å². The van der Waals surface area contributed by atoms with Crippen molar-refractivity contribution < 1.29 is 18.7 Å². The molecule has 0 saturated heterocycles. The number of rotatable bonds is 3. The highest BCUT2D eigenvalue weighted by atomic mass is 35.5. The lowest BCUT2D eigenvalue weighted by molar-refractivity contribution is 0.111. The minimum absolute atomic E-state index is 0.119. The zero-order valence-corrected chi connectivity index (χ0v) is 7.63. The van der Waals surface area contributed by atoms with Gasteiger partial charge in [-0.05, 0) is 6.07 Å². The first-order valence-corrected chi connectivity index (χ1v) is 4.15. The van der Waals surface area contributed by atoms with Crippen molar-refractivity contribution in [2.45, 2.75) is 12.3 Å². The van der Waals surface area contributed by atoms with E-state index in [2.05, 4.69) is 4.98 Å². The number of nitrogens with zero attached hydrogens (tertiary/aromatic N) is 1. The third-order valence-corrected chi connectivity index (χ3v) is 1.85. The zero-order valence-electron chi connectivity index (χ0n) is 6.88. The van der Waals surface area contributed by atoms with Gasteiger partial charge in [-0.1, -0.05) is 0 Å². The van der Waals surface area contributed by atoms with Crippen LogP contribution in [0.25, 0.3) is 0 Å². The molecule has 0 bridgehead atoms. The lowest BCUT2D eigenvalue weighted by atomic mass is 10.2. The lowest BCUT2D eigenvalue weighted by Crippen LogP contribution is -1.98. The maximum absolute atomic E-state index is 12.3. The molecule has 0 amide bonds. The number of halogens is 3. The fraction of sp³-hybridized carbons (Fsp3) is 0.250. The topological polar surface area (TPSA) is 50.2 Å². The highest BCUT2D eigenvalue weighted by Gasteiger charge is 2.18. The largest absolute Gasteiger partial charge is 0.505 e. The van der Waals surface area contributed by atoms with Crippen molar-refractivity contribution in [3.63, 3.8) is 0 Å². The minimum Gasteiger partial charge on any atom is -0.505 e. The first kappa shape index (κ1) is 10.8. The Kier molecular flexibility index (Phi) is 3.35. The van der Waals surface area contributed by atoms with Gasteiger partial charge in [-0.2, -0.15) is 0 Å². The maximum atomic E-state index is 12.3. The molecular formula is C8H6ClF2NO2. The number of carbonyl (C=O) groups excluding carboxylic acids is 1. The normalized spacial score (nSPS) is 10.6. The number of aromatic hydroxyl groups is 1. The van der Waals surface area contributed by atoms with Crippen LogP contribution < -0.4 is 0 Å². The summed E-state index contributed by atoms with van der Waals surface area (Å²) in [6.07, 6.45) is -2.54. The highest BCUT2D eigenvalue weighted by molar-refractivity contribution is 6.17. The van der Waals surface area contributed by atoms with E-state index in [4.69, 9.17) is 11.6 Å². The van der Waals surface area contributed by atoms with Crippen molar-refractivity contribution in [1.82, 2.24) is 4.98 Å². The molecule has 6 heteroatoms. The molecule has 76 valence electrons. The monoisotopic (exact) mass is 221 g/mol. The summed E-state index contributed by atoms with van der Waals surface area (Å²) in [5, 5.41) is 9.24. The second kappa shape index (κ2) is 4.32. The first-order valence-electron chi connectivity index (χ1n) is 3.62. The number of aromatic nitrogens is 1. The van der Waals surface area contributed by atoms with Crippen LogP contribution in [0.3, 0.4) is 0 Å². The van der Waals surface area contributed by atoms with Crippen LogP contribution in [0.1, 0.15) is 28.2 Å². The molecule has 1 N–H and O–H groups in total. The second-order valence-corrected chi connectivity index (χ2v) is 2.75. The fourth-order valence-corrected chi connectivity index (χ4v) is 1.14. The Bertz CT molecular complexity index is 357. The van der Waals surface area contributed by atoms with E-state index in [0.29, 0.717) is 6.29 Å². The molecular weight excluding hydrogens is 216 g/mol. The number of alkyl halides is 3. The molecule has 0 saturated carbocycles. The van der Waals surface area contributed by atoms with Gasteiger partial charge in [0.2, 0.25) is 0 Å². The number of hydrogen-bond donors (Lipinski definition) is 1. The molecule has 0 aromatic carbocycles. The summed E-state index contributed by atoms with van der Waals surface area (Å²) >= 11 is 5.35. The van der Waals surface area contributed by atoms with Gasteiger partial charge in [-0.15, -0.1) is 11.6 Å². The summed E-state index contributed by atoms with van der Waals surface area (Å²) in [5.41, 5.74) is -0.918. The first-order chi connectivity index (χ1) is 6.60. The quantitative estimate of drug-likeness (QED) is 0.629. The molecule has 0 spiro atoms. The highest BCUT2D eigenvalue weighted by Crippen LogP contribution is 2.31. The van der Waals surface area contributed by atoms with E-state index in [0.717, 1.165) is 6.07 Å². The number of hydrogen-bond acceptors (Lipinski definition) is 3. The van der Waals surface area contributed by atoms with E-state index in [-0.39, 0.29) is 17.3 Å². The third-order valence-electron chi connectivity index (χ3n) is 1.60. The van der Waals surface area contributed by atoms with Gasteiger partial charge in [0.1, 0.15) is 11.4 Å². The average Bonchev–Trinajstić information content (AvgIpc) is 2.17. The van der Waals surface area contributed by atoms with Crippen molar-refractivity contribution in [1.29, 1.82) is 0 Å². The predicted molar refractivity (Wildman–Crippen MR) is 45.8 cm³/mol. The Balaban J connectivity index is 3.34. The molecule has 0 aliphatic rings. The molecule has 0 aliphatic heterocycles. The van der Waals surface area contributed by atoms with E-state index in [1.807, 2.05) is 0 Å². The summed E-state index contributed by atoms with van der Waals surface area (Å²) in [6, 6.07) is 0.836. The summed E-state index contributed by atoms with van der Waals surface area (Å²) in [4.78, 5) is 13.9. The van der Waals surface area contributed by atoms with E-state index in [1.165, 1.54) is 0 Å². The lowest BCUT2D eigenvalue weighted by Gasteiger charge is -2.07. The van der Waals surface area contributed by atoms with Gasteiger partial charge in [0.15, 0.2) is 6.29 Å². The van der Waals surface area contributed by atoms with E-state index >= 15 is 0 Å². The second-order valence-electron chi connectivity index (χ2n) is 2.48. The molecule has 0 atom stereocenters. The summed E-state index contributed by atoms with van der Waals surface area (Å²) < 4.78 is 24.6. The Morgan fingerprint density at radius 1 is 1.64 bits per heavy atom. The van der Waals surface area contributed by atoms with E-state index in [1.54, 1.807) is 0 Å². The SMILES string of the molecule is O=Cc1cc(C(F)F)c(O)c(CCl)n1. The van der Waals surface area contributed by atoms with Gasteiger partial charge in [0, 0.05) is 0 Å². The van der Waals surface area contributed by atoms with Gasteiger partial charge < -0.3 is 5.11 Å². The van der Waals surface area contributed by atoms with Crippen molar-refractivity contribution in [2.75, 3.05) is 0 Å². The third kappa shape index (κ3) is 1.98. The number of pyridine rings is 1. The van der Waals surface area contributed by atoms with Gasteiger partial charge >= 0.3 is 0 Å². The molecule has 0 unspecified atom stereocenters. The summed E-state index contributed by atoms with van der Waals surface area (Å²) in [7, 11) is 0. The predicted octanol–water partition coefficient (Wildman–Crippen LogP) is 2.28. The average molecular weight is 222 g/mol. The molecule has 0 radical (unpaired) electrons. The van der Waals surface area contributed by atoms with Crippen molar-refractivity contribution in [3.05, 3.63) is 23.0 Å². The van der Waals surface area contributed by atoms with Gasteiger partial charge in [0.05, 0.1) is 17.1 Å². The molecule has 1 rings (SSSR count). The smallest absolute Gasteiger partial charge is 0.267 e. The number of carbonyl (C=O) groups is 1. The fourth-order valence-electron chi connectivity index (χ4n) is 0.955. The number of aldehydes is 1. The van der Waals surface area contributed by atoms with Gasteiger partial charge in [-0.25, -0.2) is 13.8 Å². The van der Waals surface area contributed by atoms with Crippen LogP contribution in [0.15, 0.2) is 6.07 Å². The van der Waals surface area contributed by atoms with Gasteiger partial charge in [-0.3, -0.25) is 4.79 Å². The molecule has 1 aromatic rings. The van der Waals surface area contributed by atoms with Crippen LogP contribution in [0, 0.1) is 0 Å². The molecule has 3 nitrogen and oxygen atoms in total. The van der Waals surface area contributed by atoms with Crippen LogP contribution in [0.5, 0.6) is 5.75 Å². The minimum atomic E-state index is -2.86. The van der Waals surface area contributed by atoms with E-state index < -0.39 is 17.7 Å². The molecule has 1 aromatic heterocycles. The molecule has 14 heavy (non-hydrogen) atoms. The van der Waals surface area contributed by atoms with Crippen molar-refractivity contribution >= 4 is 17.9 Å². The molecule has 0 fully saturated rings. The summed E-state index contributed by atoms with van der Waals surface area (Å²) in [6.45, 7) is 0. The Morgan fingerprint density at radius 3 is 2.71 bits per heavy atom. The zero-order chi connectivity index (χ0) is 10.7. The standard InChI is InChI=1S/C8H6ClF2NO2/c9-2-6-7(14)5(8(10)11)1-4(3-13)12-6/h1,3,8,14H,2H2. The van der Waals surface area contributed by atoms with Crippen LogP contribution in [0.4, 0.5) is 8.78 Å². The van der Waals surface area contributed by atoms with Crippen LogP contribution in [0.2, 0.25) is 0 Å². The Labute approximate surface area is 83.3 Å². The Hall–Kier alpha value is -1.23. The van der Waals surface area contributed by atoms with Crippen LogP contribution >= 0.6 is 11.6 Å². The molecule has 0 aliphatic carbocycles. The van der Waals surface area contributed by atoms with Gasteiger partial charge in [0.25, 0.3) is 6.43 Å². The van der Waals surface area contributed by atoms with Crippen molar-refractivity contribution in [3.8, 4) is 5.75 Å². The van der Waals surface area contributed by atoms with Crippen molar-refractivity contribution in [2.24, 2.45) is 0 Å². The summed E-state index contributed by atoms with van der Waals surface area (Å²) in [5.74, 6) is -0.881. The van der Waals surface area contributed by atoms with E-state index in [9.17, 15) is 18.7 Å². The maximum Gasteiger partial charge on any atom is 0.267 e. The molecule has 1 heterocycles. The van der Waals surface area contributed by atoms with Crippen LogP contribution in [-0.2, 0) is 5.88 Å². The Morgan fingerprint density at radius 2 is 2.29 bits per heavy atom.